The van der Waals surface area contributed by atoms with Crippen LogP contribution < -0.4 is 0 Å². The van der Waals surface area contributed by atoms with E-state index in [0.717, 1.165) is 14.3 Å². The third-order valence-electron chi connectivity index (χ3n) is 3.02. The Hall–Kier alpha value is -1.81. The number of carbonyl (C=O) groups is 1. The van der Waals surface area contributed by atoms with Crippen molar-refractivity contribution in [1.82, 2.24) is 4.98 Å². The molecule has 24 heavy (non-hydrogen) atoms. The van der Waals surface area contributed by atoms with Gasteiger partial charge in [-0.15, -0.1) is 11.3 Å². The Balaban J connectivity index is 1.44. The van der Waals surface area contributed by atoms with Crippen LogP contribution in [0.4, 0.5) is 0 Å². The number of esters is 1. The fraction of sp³-hybridized carbons (Fsp3) is 0.111. The number of rotatable bonds is 4. The van der Waals surface area contributed by atoms with Crippen LogP contribution in [-0.4, -0.2) is 23.3 Å². The van der Waals surface area contributed by atoms with Gasteiger partial charge in [-0.1, -0.05) is 51.7 Å². The van der Waals surface area contributed by atoms with Crippen LogP contribution in [0.2, 0.25) is 0 Å². The lowest BCUT2D eigenvalue weighted by atomic mass is 10.2. The first-order chi connectivity index (χ1) is 11.7. The van der Waals surface area contributed by atoms with Crippen molar-refractivity contribution in [3.63, 3.8) is 0 Å². The second-order valence-corrected chi connectivity index (χ2v) is 7.84. The Kier molecular flexibility index (Phi) is 5.91. The number of carbonyl (C=O) groups excluding carboxylic acids is 1. The second-order valence-electron chi connectivity index (χ2n) is 4.67. The molecule has 0 unspecified atom stereocenters. The van der Waals surface area contributed by atoms with E-state index < -0.39 is 0 Å². The highest BCUT2D eigenvalue weighted by atomic mass is 79.9. The molecular formula is C18H12BrNO2S2. The Morgan fingerprint density at radius 1 is 1.17 bits per heavy atom. The number of benzene rings is 2. The van der Waals surface area contributed by atoms with Crippen molar-refractivity contribution in [2.24, 2.45) is 0 Å². The van der Waals surface area contributed by atoms with Crippen molar-refractivity contribution < 1.29 is 9.53 Å². The first-order valence-electron chi connectivity index (χ1n) is 7.09. The van der Waals surface area contributed by atoms with Crippen molar-refractivity contribution in [3.05, 3.63) is 58.6 Å². The van der Waals surface area contributed by atoms with Crippen LogP contribution in [0.1, 0.15) is 10.4 Å². The summed E-state index contributed by atoms with van der Waals surface area (Å²) in [5.74, 6) is 6.10. The van der Waals surface area contributed by atoms with Crippen molar-refractivity contribution in [2.45, 2.75) is 4.34 Å². The summed E-state index contributed by atoms with van der Waals surface area (Å²) in [6, 6.07) is 15.1. The normalized spacial score (nSPS) is 10.2. The van der Waals surface area contributed by atoms with Crippen molar-refractivity contribution >= 4 is 55.2 Å². The molecule has 0 bridgehead atoms. The van der Waals surface area contributed by atoms with Gasteiger partial charge < -0.3 is 4.74 Å². The lowest BCUT2D eigenvalue weighted by molar-refractivity contribution is 0.0556. The van der Waals surface area contributed by atoms with Gasteiger partial charge in [-0.25, -0.2) is 9.78 Å². The van der Waals surface area contributed by atoms with E-state index in [0.29, 0.717) is 11.3 Å². The van der Waals surface area contributed by atoms with E-state index in [4.69, 9.17) is 4.74 Å². The molecule has 0 saturated carbocycles. The average Bonchev–Trinajstić information content (AvgIpc) is 3.01. The Morgan fingerprint density at radius 2 is 1.96 bits per heavy atom. The van der Waals surface area contributed by atoms with Gasteiger partial charge in [0.15, 0.2) is 10.9 Å². The fourth-order valence-electron chi connectivity index (χ4n) is 1.88. The van der Waals surface area contributed by atoms with Gasteiger partial charge in [0.05, 0.1) is 21.5 Å². The first kappa shape index (κ1) is 17.0. The molecule has 0 radical (unpaired) electrons. The van der Waals surface area contributed by atoms with Gasteiger partial charge in [0.1, 0.15) is 0 Å². The minimum Gasteiger partial charge on any atom is -0.449 e. The molecule has 0 saturated heterocycles. The predicted molar refractivity (Wildman–Crippen MR) is 103 cm³/mol. The Labute approximate surface area is 156 Å². The molecule has 0 fully saturated rings. The highest BCUT2D eigenvalue weighted by Crippen LogP contribution is 2.28. The SMILES string of the molecule is O=C(OCC#CCSc1nc2ccccc2s1)c1ccc(Br)cc1. The van der Waals surface area contributed by atoms with Crippen LogP contribution in [0, 0.1) is 11.8 Å². The summed E-state index contributed by atoms with van der Waals surface area (Å²) >= 11 is 6.58. The van der Waals surface area contributed by atoms with E-state index in [9.17, 15) is 4.79 Å². The van der Waals surface area contributed by atoms with Gasteiger partial charge in [-0.05, 0) is 36.4 Å². The molecule has 0 amide bonds. The van der Waals surface area contributed by atoms with Crippen molar-refractivity contribution in [1.29, 1.82) is 0 Å². The summed E-state index contributed by atoms with van der Waals surface area (Å²) in [5.41, 5.74) is 1.53. The van der Waals surface area contributed by atoms with E-state index in [2.05, 4.69) is 38.8 Å². The molecule has 3 aromatic rings. The summed E-state index contributed by atoms with van der Waals surface area (Å²) in [6.07, 6.45) is 0. The van der Waals surface area contributed by atoms with Gasteiger partial charge in [0, 0.05) is 4.47 Å². The lowest BCUT2D eigenvalue weighted by Gasteiger charge is -2.00. The van der Waals surface area contributed by atoms with Crippen LogP contribution in [0.3, 0.4) is 0 Å². The standard InChI is InChI=1S/C18H12BrNO2S2/c19-14-9-7-13(8-10-14)17(21)22-11-3-4-12-23-18-20-15-5-1-2-6-16(15)24-18/h1-2,5-10H,11-12H2. The second kappa shape index (κ2) is 8.34. The zero-order valence-electron chi connectivity index (χ0n) is 12.5. The maximum absolute atomic E-state index is 11.8. The average molecular weight is 418 g/mol. The summed E-state index contributed by atoms with van der Waals surface area (Å²) in [5, 5.41) is 0. The van der Waals surface area contributed by atoms with Crippen LogP contribution in [0.25, 0.3) is 10.2 Å². The maximum atomic E-state index is 11.8. The molecule has 0 spiro atoms. The molecule has 120 valence electrons. The van der Waals surface area contributed by atoms with E-state index in [1.807, 2.05) is 18.2 Å². The summed E-state index contributed by atoms with van der Waals surface area (Å²) in [4.78, 5) is 16.3. The number of para-hydroxylation sites is 1. The third-order valence-corrected chi connectivity index (χ3v) is 5.61. The van der Waals surface area contributed by atoms with Crippen molar-refractivity contribution in [3.8, 4) is 11.8 Å². The smallest absolute Gasteiger partial charge is 0.339 e. The van der Waals surface area contributed by atoms with Crippen LogP contribution in [0.15, 0.2) is 57.3 Å². The van der Waals surface area contributed by atoms with E-state index in [1.54, 1.807) is 47.4 Å². The highest BCUT2D eigenvalue weighted by Gasteiger charge is 2.05. The minimum atomic E-state index is -0.365. The Bertz CT molecular complexity index is 877. The molecule has 1 heterocycles. The number of hydrogen-bond acceptors (Lipinski definition) is 5. The van der Waals surface area contributed by atoms with Crippen molar-refractivity contribution in [2.75, 3.05) is 12.4 Å². The van der Waals surface area contributed by atoms with Gasteiger partial charge >= 0.3 is 5.97 Å². The van der Waals surface area contributed by atoms with Gasteiger partial charge in [-0.2, -0.15) is 0 Å². The fourth-order valence-corrected chi connectivity index (χ4v) is 3.99. The molecule has 0 aliphatic heterocycles. The zero-order valence-corrected chi connectivity index (χ0v) is 15.7. The molecule has 3 nitrogen and oxygen atoms in total. The topological polar surface area (TPSA) is 39.2 Å². The number of ether oxygens (including phenoxy) is 1. The maximum Gasteiger partial charge on any atom is 0.339 e. The molecule has 3 rings (SSSR count). The van der Waals surface area contributed by atoms with Gasteiger partial charge in [0.25, 0.3) is 0 Å². The van der Waals surface area contributed by atoms with Crippen LogP contribution >= 0.6 is 39.0 Å². The molecule has 0 atom stereocenters. The van der Waals surface area contributed by atoms with Crippen LogP contribution in [0.5, 0.6) is 0 Å². The number of thiazole rings is 1. The minimum absolute atomic E-state index is 0.0926. The molecule has 2 aromatic carbocycles. The molecule has 0 aliphatic carbocycles. The molecule has 6 heteroatoms. The molecular weight excluding hydrogens is 406 g/mol. The largest absolute Gasteiger partial charge is 0.449 e. The Morgan fingerprint density at radius 3 is 2.75 bits per heavy atom. The monoisotopic (exact) mass is 417 g/mol. The molecule has 0 N–H and O–H groups in total. The molecule has 0 aliphatic rings. The number of fused-ring (bicyclic) bond motifs is 1. The van der Waals surface area contributed by atoms with E-state index >= 15 is 0 Å². The van der Waals surface area contributed by atoms with Gasteiger partial charge in [0.2, 0.25) is 0 Å². The summed E-state index contributed by atoms with van der Waals surface area (Å²) in [7, 11) is 0. The summed E-state index contributed by atoms with van der Waals surface area (Å²) in [6.45, 7) is 0.0926. The number of aromatic nitrogens is 1. The first-order valence-corrected chi connectivity index (χ1v) is 9.69. The van der Waals surface area contributed by atoms with Crippen LogP contribution in [-0.2, 0) is 4.74 Å². The van der Waals surface area contributed by atoms with E-state index in [-0.39, 0.29) is 12.6 Å². The van der Waals surface area contributed by atoms with Gasteiger partial charge in [-0.3, -0.25) is 0 Å². The summed E-state index contributed by atoms with van der Waals surface area (Å²) < 4.78 is 8.21. The quantitative estimate of drug-likeness (QED) is 0.339. The zero-order chi connectivity index (χ0) is 16.8. The lowest BCUT2D eigenvalue weighted by Crippen LogP contribution is -2.04. The molecule has 1 aromatic heterocycles. The number of halogens is 1. The predicted octanol–water partition coefficient (Wildman–Crippen LogP) is 5.01. The number of thioether (sulfide) groups is 1. The number of nitrogens with zero attached hydrogens (tertiary/aromatic N) is 1. The highest BCUT2D eigenvalue weighted by molar-refractivity contribution is 9.10. The van der Waals surface area contributed by atoms with E-state index in [1.165, 1.54) is 4.70 Å². The number of hydrogen-bond donors (Lipinski definition) is 0. The third kappa shape index (κ3) is 4.60.